The van der Waals surface area contributed by atoms with Gasteiger partial charge in [-0.15, -0.1) is 0 Å². The average Bonchev–Trinajstić information content (AvgIpc) is 2.91. The molecule has 0 fully saturated rings. The first-order valence-corrected chi connectivity index (χ1v) is 6.25. The van der Waals surface area contributed by atoms with Gasteiger partial charge in [-0.2, -0.15) is 5.10 Å². The molecule has 2 aromatic rings. The van der Waals surface area contributed by atoms with E-state index in [1.165, 1.54) is 18.2 Å². The number of carbonyl (C=O) groups is 2. The highest BCUT2D eigenvalue weighted by atomic mass is 35.5. The number of hydrogen-bond acceptors (Lipinski definition) is 3. The van der Waals surface area contributed by atoms with Crippen LogP contribution in [-0.4, -0.2) is 26.8 Å². The number of aromatic carboxylic acids is 1. The highest BCUT2D eigenvalue weighted by Gasteiger charge is 2.15. The van der Waals surface area contributed by atoms with Gasteiger partial charge in [0.25, 0.3) is 0 Å². The van der Waals surface area contributed by atoms with Gasteiger partial charge in [-0.3, -0.25) is 9.48 Å². The monoisotopic (exact) mass is 293 g/mol. The zero-order valence-electron chi connectivity index (χ0n) is 10.4. The number of carboxylic acids is 1. The van der Waals surface area contributed by atoms with Crippen molar-refractivity contribution in [1.82, 2.24) is 9.78 Å². The average molecular weight is 294 g/mol. The minimum absolute atomic E-state index is 0.0371. The zero-order valence-corrected chi connectivity index (χ0v) is 11.2. The van der Waals surface area contributed by atoms with E-state index in [9.17, 15) is 9.59 Å². The molecule has 1 aromatic heterocycles. The first-order valence-electron chi connectivity index (χ1n) is 5.87. The summed E-state index contributed by atoms with van der Waals surface area (Å²) in [6, 6.07) is 6.19. The summed E-state index contributed by atoms with van der Waals surface area (Å²) in [4.78, 5) is 22.9. The molecule has 0 aliphatic carbocycles. The van der Waals surface area contributed by atoms with Crippen LogP contribution in [0.1, 0.15) is 16.8 Å². The molecule has 0 aliphatic rings. The second kappa shape index (κ2) is 6.21. The molecule has 1 aromatic carbocycles. The molecule has 0 spiro atoms. The predicted molar refractivity (Wildman–Crippen MR) is 73.9 cm³/mol. The van der Waals surface area contributed by atoms with Crippen molar-refractivity contribution in [3.63, 3.8) is 0 Å². The Labute approximate surface area is 120 Å². The zero-order chi connectivity index (χ0) is 14.5. The fraction of sp³-hybridized carbons (Fsp3) is 0.154. The summed E-state index contributed by atoms with van der Waals surface area (Å²) < 4.78 is 1.62. The van der Waals surface area contributed by atoms with Gasteiger partial charge < -0.3 is 10.4 Å². The lowest BCUT2D eigenvalue weighted by Crippen LogP contribution is -2.17. The first kappa shape index (κ1) is 14.1. The van der Waals surface area contributed by atoms with Gasteiger partial charge in [-0.1, -0.05) is 17.7 Å². The maximum atomic E-state index is 11.8. The van der Waals surface area contributed by atoms with Crippen LogP contribution < -0.4 is 5.32 Å². The summed E-state index contributed by atoms with van der Waals surface area (Å²) >= 11 is 5.92. The van der Waals surface area contributed by atoms with Crippen molar-refractivity contribution in [1.29, 1.82) is 0 Å². The molecule has 0 radical (unpaired) electrons. The third kappa shape index (κ3) is 3.36. The van der Waals surface area contributed by atoms with Crippen LogP contribution in [0.25, 0.3) is 0 Å². The van der Waals surface area contributed by atoms with Gasteiger partial charge in [0.1, 0.15) is 0 Å². The number of carbonyl (C=O) groups excluding carboxylic acids is 1. The molecule has 2 rings (SSSR count). The van der Waals surface area contributed by atoms with Gasteiger partial charge >= 0.3 is 5.97 Å². The van der Waals surface area contributed by atoms with Crippen LogP contribution >= 0.6 is 11.6 Å². The molecule has 104 valence electrons. The molecular formula is C13H12ClN3O3. The van der Waals surface area contributed by atoms with E-state index in [0.29, 0.717) is 6.54 Å². The van der Waals surface area contributed by atoms with E-state index in [-0.39, 0.29) is 28.6 Å². The molecule has 0 bridgehead atoms. The highest BCUT2D eigenvalue weighted by molar-refractivity contribution is 6.34. The molecule has 0 atom stereocenters. The lowest BCUT2D eigenvalue weighted by atomic mass is 10.1. The normalized spacial score (nSPS) is 10.2. The van der Waals surface area contributed by atoms with Crippen molar-refractivity contribution in [2.24, 2.45) is 0 Å². The number of hydrogen-bond donors (Lipinski definition) is 2. The third-order valence-electron chi connectivity index (χ3n) is 2.64. The second-order valence-corrected chi connectivity index (χ2v) is 4.44. The fourth-order valence-electron chi connectivity index (χ4n) is 1.68. The van der Waals surface area contributed by atoms with E-state index < -0.39 is 5.97 Å². The highest BCUT2D eigenvalue weighted by Crippen LogP contribution is 2.26. The number of anilines is 1. The Hall–Kier alpha value is -2.34. The van der Waals surface area contributed by atoms with Crippen molar-refractivity contribution in [3.8, 4) is 0 Å². The van der Waals surface area contributed by atoms with E-state index in [2.05, 4.69) is 10.4 Å². The Morgan fingerprint density at radius 2 is 2.15 bits per heavy atom. The number of carboxylic acid groups (broad SMARTS) is 1. The maximum Gasteiger partial charge on any atom is 0.337 e. The van der Waals surface area contributed by atoms with Crippen LogP contribution in [0, 0.1) is 0 Å². The Morgan fingerprint density at radius 3 is 2.80 bits per heavy atom. The largest absolute Gasteiger partial charge is 0.478 e. The van der Waals surface area contributed by atoms with E-state index in [4.69, 9.17) is 16.7 Å². The number of para-hydroxylation sites is 1. The standard InChI is InChI=1S/C13H12ClN3O3/c14-10-4-1-3-9(13(19)20)12(10)16-11(18)5-8-17-7-2-6-15-17/h1-4,6-7H,5,8H2,(H,16,18)(H,19,20). The molecule has 0 saturated heterocycles. The lowest BCUT2D eigenvalue weighted by molar-refractivity contribution is -0.116. The van der Waals surface area contributed by atoms with Gasteiger partial charge in [0.2, 0.25) is 5.91 Å². The summed E-state index contributed by atoms with van der Waals surface area (Å²) in [5.41, 5.74) is 0.0806. The third-order valence-corrected chi connectivity index (χ3v) is 2.95. The minimum Gasteiger partial charge on any atom is -0.478 e. The SMILES string of the molecule is O=C(CCn1cccn1)Nc1c(Cl)cccc1C(=O)O. The van der Waals surface area contributed by atoms with Gasteiger partial charge in [0, 0.05) is 25.4 Å². The number of aromatic nitrogens is 2. The van der Waals surface area contributed by atoms with E-state index in [1.54, 1.807) is 23.1 Å². The Morgan fingerprint density at radius 1 is 1.35 bits per heavy atom. The van der Waals surface area contributed by atoms with Gasteiger partial charge in [-0.05, 0) is 18.2 Å². The smallest absolute Gasteiger partial charge is 0.337 e. The van der Waals surface area contributed by atoms with E-state index in [1.807, 2.05) is 0 Å². The van der Waals surface area contributed by atoms with Gasteiger partial charge in [0.15, 0.2) is 0 Å². The number of nitrogens with one attached hydrogen (secondary N) is 1. The molecule has 6 nitrogen and oxygen atoms in total. The van der Waals surface area contributed by atoms with Gasteiger partial charge in [-0.25, -0.2) is 4.79 Å². The van der Waals surface area contributed by atoms with E-state index in [0.717, 1.165) is 0 Å². The Bertz CT molecular complexity index is 626. The number of aryl methyl sites for hydroxylation is 1. The lowest BCUT2D eigenvalue weighted by Gasteiger charge is -2.10. The quantitative estimate of drug-likeness (QED) is 0.885. The number of halogens is 1. The van der Waals surface area contributed by atoms with Crippen LogP contribution in [0.5, 0.6) is 0 Å². The molecule has 1 heterocycles. The summed E-state index contributed by atoms with van der Waals surface area (Å²) in [7, 11) is 0. The van der Waals surface area contributed by atoms with Crippen molar-refractivity contribution in [2.75, 3.05) is 5.32 Å². The predicted octanol–water partition coefficient (Wildman–Crippen LogP) is 2.26. The fourth-order valence-corrected chi connectivity index (χ4v) is 1.90. The number of amides is 1. The second-order valence-electron chi connectivity index (χ2n) is 4.03. The molecule has 7 heteroatoms. The van der Waals surface area contributed by atoms with Crippen LogP contribution in [0.4, 0.5) is 5.69 Å². The van der Waals surface area contributed by atoms with E-state index >= 15 is 0 Å². The van der Waals surface area contributed by atoms with Crippen LogP contribution in [-0.2, 0) is 11.3 Å². The van der Waals surface area contributed by atoms with Crippen LogP contribution in [0.2, 0.25) is 5.02 Å². The minimum atomic E-state index is -1.14. The molecule has 20 heavy (non-hydrogen) atoms. The molecule has 0 saturated carbocycles. The topological polar surface area (TPSA) is 84.2 Å². The summed E-state index contributed by atoms with van der Waals surface area (Å²) in [6.07, 6.45) is 3.53. The molecule has 2 N–H and O–H groups in total. The van der Waals surface area contributed by atoms with Crippen molar-refractivity contribution >= 4 is 29.2 Å². The van der Waals surface area contributed by atoms with Crippen molar-refractivity contribution in [2.45, 2.75) is 13.0 Å². The van der Waals surface area contributed by atoms with Crippen molar-refractivity contribution < 1.29 is 14.7 Å². The number of benzene rings is 1. The number of nitrogens with zero attached hydrogens (tertiary/aromatic N) is 2. The Kier molecular flexibility index (Phi) is 4.37. The molecule has 0 aliphatic heterocycles. The van der Waals surface area contributed by atoms with Crippen LogP contribution in [0.3, 0.4) is 0 Å². The number of rotatable bonds is 5. The first-order chi connectivity index (χ1) is 9.58. The molecular weight excluding hydrogens is 282 g/mol. The van der Waals surface area contributed by atoms with Gasteiger partial charge in [0.05, 0.1) is 16.3 Å². The summed E-state index contributed by atoms with van der Waals surface area (Å²) in [5.74, 6) is -1.47. The van der Waals surface area contributed by atoms with Crippen LogP contribution in [0.15, 0.2) is 36.7 Å². The summed E-state index contributed by atoms with van der Waals surface area (Å²) in [6.45, 7) is 0.408. The maximum absolute atomic E-state index is 11.8. The molecule has 0 unspecified atom stereocenters. The Balaban J connectivity index is 2.06. The molecule has 1 amide bonds. The summed E-state index contributed by atoms with van der Waals surface area (Å²) in [5, 5.41) is 15.8. The van der Waals surface area contributed by atoms with Crippen molar-refractivity contribution in [3.05, 3.63) is 47.2 Å².